The molecule has 1 fully saturated rings. The Kier molecular flexibility index (Phi) is 11.7. The van der Waals surface area contributed by atoms with Crippen molar-refractivity contribution in [2.75, 3.05) is 6.54 Å². The molecule has 2 rings (SSSR count). The molecule has 8 nitrogen and oxygen atoms in total. The minimum absolute atomic E-state index is 0.162. The normalized spacial score (nSPS) is 16.8. The monoisotopic (exact) mass is 498 g/mol. The fourth-order valence-corrected chi connectivity index (χ4v) is 3.77. The summed E-state index contributed by atoms with van der Waals surface area (Å²) in [5, 5.41) is 19.1. The molecular formula is C28H40N3O5. The van der Waals surface area contributed by atoms with Crippen LogP contribution in [0.5, 0.6) is 0 Å². The number of rotatable bonds is 12. The number of amides is 3. The van der Waals surface area contributed by atoms with E-state index in [-0.39, 0.29) is 18.2 Å². The zero-order valence-corrected chi connectivity index (χ0v) is 21.9. The van der Waals surface area contributed by atoms with E-state index in [0.717, 1.165) is 11.5 Å². The first-order chi connectivity index (χ1) is 16.9. The van der Waals surface area contributed by atoms with E-state index in [0.29, 0.717) is 19.4 Å². The minimum Gasteiger partial charge on any atom is -0.444 e. The summed E-state index contributed by atoms with van der Waals surface area (Å²) in [6.07, 6.45) is 6.31. The van der Waals surface area contributed by atoms with Crippen molar-refractivity contribution in [3.63, 3.8) is 0 Å². The topological polar surface area (TPSA) is 117 Å². The van der Waals surface area contributed by atoms with E-state index >= 15 is 0 Å². The summed E-state index contributed by atoms with van der Waals surface area (Å²) in [6.45, 7) is 9.54. The Morgan fingerprint density at radius 1 is 1.00 bits per heavy atom. The van der Waals surface area contributed by atoms with E-state index in [9.17, 15) is 19.5 Å². The molecule has 8 heteroatoms. The summed E-state index contributed by atoms with van der Waals surface area (Å²) >= 11 is 0. The van der Waals surface area contributed by atoms with Gasteiger partial charge in [-0.05, 0) is 64.4 Å². The van der Waals surface area contributed by atoms with Crippen LogP contribution in [-0.4, -0.2) is 53.3 Å². The number of ether oxygens (including phenoxy) is 1. The third-order valence-electron chi connectivity index (χ3n) is 5.42. The van der Waals surface area contributed by atoms with E-state index in [1.54, 1.807) is 20.8 Å². The summed E-state index contributed by atoms with van der Waals surface area (Å²) in [7, 11) is 0. The molecule has 197 valence electrons. The van der Waals surface area contributed by atoms with Gasteiger partial charge in [0.05, 0.1) is 18.6 Å². The van der Waals surface area contributed by atoms with Crippen molar-refractivity contribution in [2.24, 2.45) is 5.92 Å². The van der Waals surface area contributed by atoms with Crippen molar-refractivity contribution in [1.29, 1.82) is 0 Å². The summed E-state index contributed by atoms with van der Waals surface area (Å²) in [4.78, 5) is 38.1. The molecule has 1 saturated carbocycles. The molecule has 1 aromatic carbocycles. The zero-order valence-electron chi connectivity index (χ0n) is 21.9. The molecule has 4 N–H and O–H groups in total. The first-order valence-corrected chi connectivity index (χ1v) is 12.4. The lowest BCUT2D eigenvalue weighted by atomic mass is 9.97. The number of carbonyl (C=O) groups is 3. The van der Waals surface area contributed by atoms with Gasteiger partial charge in [0.2, 0.25) is 11.8 Å². The van der Waals surface area contributed by atoms with Gasteiger partial charge >= 0.3 is 6.09 Å². The van der Waals surface area contributed by atoms with Crippen LogP contribution in [0.3, 0.4) is 0 Å². The van der Waals surface area contributed by atoms with Gasteiger partial charge in [-0.25, -0.2) is 4.79 Å². The second-order valence-electron chi connectivity index (χ2n) is 10.5. The number of benzene rings is 1. The zero-order chi connectivity index (χ0) is 26.7. The number of carbonyl (C=O) groups excluding carboxylic acids is 3. The maximum Gasteiger partial charge on any atom is 0.407 e. The summed E-state index contributed by atoms with van der Waals surface area (Å²) in [5.74, 6) is 0.337. The van der Waals surface area contributed by atoms with Gasteiger partial charge in [0, 0.05) is 18.9 Å². The van der Waals surface area contributed by atoms with Crippen LogP contribution < -0.4 is 16.0 Å². The van der Waals surface area contributed by atoms with Gasteiger partial charge in [-0.2, -0.15) is 0 Å². The van der Waals surface area contributed by atoms with Crippen LogP contribution in [0.4, 0.5) is 4.79 Å². The summed E-state index contributed by atoms with van der Waals surface area (Å²) in [6, 6.07) is 7.92. The van der Waals surface area contributed by atoms with Gasteiger partial charge in [-0.1, -0.05) is 44.2 Å². The highest BCUT2D eigenvalue weighted by Crippen LogP contribution is 2.21. The van der Waals surface area contributed by atoms with Crippen molar-refractivity contribution in [3.8, 4) is 0 Å². The van der Waals surface area contributed by atoms with Crippen molar-refractivity contribution < 1.29 is 24.2 Å². The van der Waals surface area contributed by atoms with E-state index < -0.39 is 35.8 Å². The lowest BCUT2D eigenvalue weighted by Crippen LogP contribution is -2.51. The molecule has 0 unspecified atom stereocenters. The minimum atomic E-state index is -1.15. The highest BCUT2D eigenvalue weighted by molar-refractivity contribution is 5.88. The molecule has 0 aromatic heterocycles. The lowest BCUT2D eigenvalue weighted by Gasteiger charge is -2.28. The molecule has 3 amide bonds. The molecule has 1 aromatic rings. The van der Waals surface area contributed by atoms with Gasteiger partial charge in [-0.3, -0.25) is 9.59 Å². The third-order valence-corrected chi connectivity index (χ3v) is 5.42. The predicted octanol–water partition coefficient (Wildman–Crippen LogP) is 2.93. The van der Waals surface area contributed by atoms with Crippen molar-refractivity contribution in [3.05, 3.63) is 67.5 Å². The molecule has 1 aliphatic rings. The van der Waals surface area contributed by atoms with Gasteiger partial charge in [0.15, 0.2) is 0 Å². The maximum absolute atomic E-state index is 13.0. The number of aliphatic hydroxyl groups is 1. The fraction of sp³-hybridized carbons (Fsp3) is 0.500. The van der Waals surface area contributed by atoms with Gasteiger partial charge in [0.1, 0.15) is 11.6 Å². The molecule has 1 aliphatic carbocycles. The molecule has 36 heavy (non-hydrogen) atoms. The molecule has 0 saturated heterocycles. The van der Waals surface area contributed by atoms with Crippen molar-refractivity contribution >= 4 is 17.9 Å². The number of aliphatic hydroxyl groups excluding tert-OH is 1. The van der Waals surface area contributed by atoms with Gasteiger partial charge < -0.3 is 25.8 Å². The van der Waals surface area contributed by atoms with Crippen LogP contribution in [0.25, 0.3) is 0 Å². The van der Waals surface area contributed by atoms with Crippen LogP contribution in [0.2, 0.25) is 0 Å². The third kappa shape index (κ3) is 11.4. The largest absolute Gasteiger partial charge is 0.444 e. The molecule has 0 bridgehead atoms. The molecular weight excluding hydrogens is 458 g/mol. The number of hydrogen-bond donors (Lipinski definition) is 4. The average Bonchev–Trinajstić information content (AvgIpc) is 3.29. The molecule has 0 aliphatic heterocycles. The summed E-state index contributed by atoms with van der Waals surface area (Å²) in [5.41, 5.74) is 0.214. The number of nitrogens with one attached hydrogen (secondary N) is 3. The Bertz CT molecular complexity index is 831. The Balaban J connectivity index is 2.01. The second kappa shape index (κ2) is 14.2. The van der Waals surface area contributed by atoms with Crippen molar-refractivity contribution in [1.82, 2.24) is 16.0 Å². The van der Waals surface area contributed by atoms with Gasteiger partial charge in [0.25, 0.3) is 0 Å². The van der Waals surface area contributed by atoms with Crippen LogP contribution in [-0.2, 0) is 20.7 Å². The smallest absolute Gasteiger partial charge is 0.407 e. The van der Waals surface area contributed by atoms with E-state index in [1.165, 1.54) is 0 Å². The fourth-order valence-electron chi connectivity index (χ4n) is 3.77. The van der Waals surface area contributed by atoms with E-state index in [4.69, 9.17) is 4.74 Å². The first-order valence-electron chi connectivity index (χ1n) is 12.4. The molecule has 5 radical (unpaired) electrons. The number of alkyl carbamates (subject to hydrolysis) is 1. The molecule has 0 spiro atoms. The first kappa shape index (κ1) is 29.6. The van der Waals surface area contributed by atoms with E-state index in [2.05, 4.69) is 16.0 Å². The van der Waals surface area contributed by atoms with Crippen LogP contribution in [0, 0.1) is 37.5 Å². The van der Waals surface area contributed by atoms with Crippen LogP contribution in [0.15, 0.2) is 30.3 Å². The lowest BCUT2D eigenvalue weighted by molar-refractivity contribution is -0.130. The molecule has 3 atom stereocenters. The Morgan fingerprint density at radius 2 is 1.64 bits per heavy atom. The number of hydrogen-bond acceptors (Lipinski definition) is 5. The van der Waals surface area contributed by atoms with E-state index in [1.807, 2.05) is 69.9 Å². The highest BCUT2D eigenvalue weighted by atomic mass is 16.6. The Labute approximate surface area is 215 Å². The highest BCUT2D eigenvalue weighted by Gasteiger charge is 2.29. The molecule has 0 heterocycles. The van der Waals surface area contributed by atoms with Crippen LogP contribution >= 0.6 is 0 Å². The van der Waals surface area contributed by atoms with Gasteiger partial charge in [-0.15, -0.1) is 0 Å². The second-order valence-corrected chi connectivity index (χ2v) is 10.5. The Morgan fingerprint density at radius 3 is 2.22 bits per heavy atom. The maximum atomic E-state index is 13.0. The average molecular weight is 499 g/mol. The summed E-state index contributed by atoms with van der Waals surface area (Å²) < 4.78 is 5.31. The predicted molar refractivity (Wildman–Crippen MR) is 139 cm³/mol. The quantitative estimate of drug-likeness (QED) is 0.354. The van der Waals surface area contributed by atoms with Crippen molar-refractivity contribution in [2.45, 2.75) is 77.7 Å². The van der Waals surface area contributed by atoms with Crippen LogP contribution in [0.1, 0.15) is 53.0 Å². The Hall–Kier alpha value is -2.61. The SMILES string of the molecule is CC(C)C[C@H](NC(=O)OC(C)(C)C)[C@@H](O)CC(=O)N[C@@H](Cc1ccccc1)C(=O)NC[C]1[CH][CH][CH][CH]1. The standard InChI is InChI=1S/C28H40N3O5/c1-19(2)15-22(31-27(35)36-28(3,4)5)24(32)17-25(33)30-23(16-20-11-7-6-8-12-20)26(34)29-18-21-13-9-10-14-21/h6-14,19,22-24,32H,15-18H2,1-5H3,(H,29,34)(H,30,33)(H,31,35)/t22-,23-,24-/m0/s1.